The van der Waals surface area contributed by atoms with Crippen molar-refractivity contribution in [1.29, 1.82) is 0 Å². The van der Waals surface area contributed by atoms with Gasteiger partial charge in [-0.1, -0.05) is 11.8 Å². The van der Waals surface area contributed by atoms with Gasteiger partial charge in [0.25, 0.3) is 0 Å². The number of unbranched alkanes of at least 4 members (excludes halogenated alkanes) is 4. The summed E-state index contributed by atoms with van der Waals surface area (Å²) in [6.45, 7) is 6.08. The van der Waals surface area contributed by atoms with Crippen LogP contribution in [0.25, 0.3) is 0 Å². The molecule has 1 saturated heterocycles. The predicted octanol–water partition coefficient (Wildman–Crippen LogP) is 2.22. The van der Waals surface area contributed by atoms with Gasteiger partial charge in [0.1, 0.15) is 0 Å². The molecule has 0 aromatic carbocycles. The zero-order valence-corrected chi connectivity index (χ0v) is 13.5. The van der Waals surface area contributed by atoms with Crippen molar-refractivity contribution in [2.75, 3.05) is 39.3 Å². The van der Waals surface area contributed by atoms with Gasteiger partial charge in [-0.05, 0) is 12.8 Å². The Morgan fingerprint density at radius 3 is 1.36 bits per heavy atom. The van der Waals surface area contributed by atoms with Crippen LogP contribution in [0.1, 0.15) is 38.5 Å². The predicted molar refractivity (Wildman–Crippen MR) is 93.8 cm³/mol. The summed E-state index contributed by atoms with van der Waals surface area (Å²) in [6.07, 6.45) is 15.9. The first-order valence-corrected chi connectivity index (χ1v) is 8.10. The standard InChI is InChI=1S/C20H26N2/c1-3-5-7-9-11-13-15-21-17-19-22(20-18-21)16-14-12-10-8-6-4-2/h1-2H,5-10,15-20H2. The van der Waals surface area contributed by atoms with Crippen LogP contribution < -0.4 is 0 Å². The lowest BCUT2D eigenvalue weighted by Crippen LogP contribution is -2.46. The molecule has 1 fully saturated rings. The van der Waals surface area contributed by atoms with E-state index in [-0.39, 0.29) is 0 Å². The summed E-state index contributed by atoms with van der Waals surface area (Å²) < 4.78 is 0. The topological polar surface area (TPSA) is 6.48 Å². The van der Waals surface area contributed by atoms with Crippen molar-refractivity contribution in [3.05, 3.63) is 0 Å². The molecule has 0 N–H and O–H groups in total. The molecule has 0 bridgehead atoms. The maximum atomic E-state index is 5.21. The van der Waals surface area contributed by atoms with Gasteiger partial charge in [0.05, 0.1) is 13.1 Å². The van der Waals surface area contributed by atoms with Gasteiger partial charge in [0.15, 0.2) is 0 Å². The van der Waals surface area contributed by atoms with Crippen molar-refractivity contribution < 1.29 is 0 Å². The van der Waals surface area contributed by atoms with Crippen molar-refractivity contribution >= 4 is 0 Å². The monoisotopic (exact) mass is 294 g/mol. The highest BCUT2D eigenvalue weighted by atomic mass is 15.2. The first-order chi connectivity index (χ1) is 10.9. The molecule has 0 radical (unpaired) electrons. The van der Waals surface area contributed by atoms with E-state index in [0.717, 1.165) is 77.8 Å². The van der Waals surface area contributed by atoms with Gasteiger partial charge in [-0.2, -0.15) is 0 Å². The van der Waals surface area contributed by atoms with E-state index < -0.39 is 0 Å². The summed E-state index contributed by atoms with van der Waals surface area (Å²) in [7, 11) is 0. The number of rotatable bonds is 6. The van der Waals surface area contributed by atoms with E-state index in [2.05, 4.69) is 45.3 Å². The fourth-order valence-electron chi connectivity index (χ4n) is 2.18. The minimum atomic E-state index is 0.830. The van der Waals surface area contributed by atoms with Crippen LogP contribution in [0.5, 0.6) is 0 Å². The molecular formula is C20H26N2. The zero-order valence-electron chi connectivity index (χ0n) is 13.5. The summed E-state index contributed by atoms with van der Waals surface area (Å²) in [5, 5.41) is 0. The van der Waals surface area contributed by atoms with E-state index in [4.69, 9.17) is 12.8 Å². The minimum absolute atomic E-state index is 0.830. The largest absolute Gasteiger partial charge is 0.290 e. The number of terminal acetylenes is 2. The Labute approximate surface area is 136 Å². The SMILES string of the molecule is C#CCCCC#CCN1CCN(CC#CCCCC#C)CC1. The van der Waals surface area contributed by atoms with Gasteiger partial charge < -0.3 is 0 Å². The summed E-state index contributed by atoms with van der Waals surface area (Å²) in [5.41, 5.74) is 0. The summed E-state index contributed by atoms with van der Waals surface area (Å²) in [5.74, 6) is 18.2. The van der Waals surface area contributed by atoms with Gasteiger partial charge in [0.2, 0.25) is 0 Å². The molecule has 1 aliphatic heterocycles. The van der Waals surface area contributed by atoms with Crippen molar-refractivity contribution in [1.82, 2.24) is 9.80 Å². The molecule has 0 aliphatic carbocycles. The Bertz CT molecular complexity index is 442. The van der Waals surface area contributed by atoms with Crippen molar-refractivity contribution in [2.24, 2.45) is 0 Å². The molecular weight excluding hydrogens is 268 g/mol. The van der Waals surface area contributed by atoms with E-state index in [9.17, 15) is 0 Å². The van der Waals surface area contributed by atoms with Crippen LogP contribution in [0.15, 0.2) is 0 Å². The molecule has 1 aliphatic rings. The third-order valence-corrected chi connectivity index (χ3v) is 3.57. The van der Waals surface area contributed by atoms with E-state index in [1.807, 2.05) is 0 Å². The van der Waals surface area contributed by atoms with Gasteiger partial charge in [-0.15, -0.1) is 36.5 Å². The third kappa shape index (κ3) is 9.16. The van der Waals surface area contributed by atoms with Gasteiger partial charge >= 0.3 is 0 Å². The first kappa shape index (κ1) is 18.2. The van der Waals surface area contributed by atoms with E-state index in [1.165, 1.54) is 0 Å². The molecule has 0 atom stereocenters. The molecule has 116 valence electrons. The summed E-state index contributed by atoms with van der Waals surface area (Å²) in [6, 6.07) is 0. The maximum Gasteiger partial charge on any atom is 0.0602 e. The van der Waals surface area contributed by atoms with Crippen LogP contribution in [0, 0.1) is 48.4 Å². The van der Waals surface area contributed by atoms with Gasteiger partial charge in [-0.25, -0.2) is 0 Å². The van der Waals surface area contributed by atoms with Crippen LogP contribution in [0.4, 0.5) is 0 Å². The molecule has 0 saturated carbocycles. The normalized spacial score (nSPS) is 14.8. The number of hydrogen-bond donors (Lipinski definition) is 0. The Morgan fingerprint density at radius 1 is 0.591 bits per heavy atom. The van der Waals surface area contributed by atoms with Crippen molar-refractivity contribution in [2.45, 2.75) is 38.5 Å². The van der Waals surface area contributed by atoms with Gasteiger partial charge in [0, 0.05) is 51.9 Å². The third-order valence-electron chi connectivity index (χ3n) is 3.57. The Kier molecular flexibility index (Phi) is 10.7. The highest BCUT2D eigenvalue weighted by Crippen LogP contribution is 2.00. The Balaban J connectivity index is 2.08. The molecule has 1 heterocycles. The van der Waals surface area contributed by atoms with Crippen molar-refractivity contribution in [3.63, 3.8) is 0 Å². The molecule has 0 unspecified atom stereocenters. The fraction of sp³-hybridized carbons (Fsp3) is 0.600. The smallest absolute Gasteiger partial charge is 0.0602 e. The molecule has 0 aromatic heterocycles. The maximum absolute atomic E-state index is 5.21. The minimum Gasteiger partial charge on any atom is -0.290 e. The molecule has 1 rings (SSSR count). The van der Waals surface area contributed by atoms with Crippen molar-refractivity contribution in [3.8, 4) is 48.4 Å². The van der Waals surface area contributed by atoms with Crippen LogP contribution >= 0.6 is 0 Å². The second-order valence-electron chi connectivity index (χ2n) is 5.37. The summed E-state index contributed by atoms with van der Waals surface area (Å²) in [4.78, 5) is 4.82. The molecule has 2 nitrogen and oxygen atoms in total. The molecule has 0 spiro atoms. The second kappa shape index (κ2) is 12.9. The van der Waals surface area contributed by atoms with E-state index >= 15 is 0 Å². The quantitative estimate of drug-likeness (QED) is 0.547. The lowest BCUT2D eigenvalue weighted by Gasteiger charge is -2.32. The highest BCUT2D eigenvalue weighted by molar-refractivity contribution is 5.04. The summed E-state index contributed by atoms with van der Waals surface area (Å²) >= 11 is 0. The van der Waals surface area contributed by atoms with Crippen LogP contribution in [0.2, 0.25) is 0 Å². The highest BCUT2D eigenvalue weighted by Gasteiger charge is 2.14. The van der Waals surface area contributed by atoms with E-state index in [0.29, 0.717) is 0 Å². The second-order valence-corrected chi connectivity index (χ2v) is 5.37. The lowest BCUT2D eigenvalue weighted by atomic mass is 10.2. The van der Waals surface area contributed by atoms with E-state index in [1.54, 1.807) is 0 Å². The van der Waals surface area contributed by atoms with Crippen LogP contribution in [-0.4, -0.2) is 49.1 Å². The molecule has 0 amide bonds. The molecule has 22 heavy (non-hydrogen) atoms. The zero-order chi connectivity index (χ0) is 15.9. The number of nitrogens with zero attached hydrogens (tertiary/aromatic N) is 2. The average molecular weight is 294 g/mol. The first-order valence-electron chi connectivity index (χ1n) is 8.10. The fourth-order valence-corrected chi connectivity index (χ4v) is 2.18. The van der Waals surface area contributed by atoms with Crippen LogP contribution in [0.3, 0.4) is 0 Å². The molecule has 2 heteroatoms. The van der Waals surface area contributed by atoms with Gasteiger partial charge in [-0.3, -0.25) is 9.80 Å². The number of piperazine rings is 1. The Hall–Kier alpha value is -1.84. The average Bonchev–Trinajstić information content (AvgIpc) is 2.55. The lowest BCUT2D eigenvalue weighted by molar-refractivity contribution is 0.157. The molecule has 0 aromatic rings. The number of hydrogen-bond acceptors (Lipinski definition) is 2. The van der Waals surface area contributed by atoms with Crippen LogP contribution in [-0.2, 0) is 0 Å². The Morgan fingerprint density at radius 2 is 1.00 bits per heavy atom.